The smallest absolute Gasteiger partial charge is 0.220 e. The molecular weight excluding hydrogens is 222 g/mol. The van der Waals surface area contributed by atoms with Crippen molar-refractivity contribution in [2.75, 3.05) is 12.4 Å². The van der Waals surface area contributed by atoms with Gasteiger partial charge in [0.1, 0.15) is 0 Å². The first-order valence-corrected chi connectivity index (χ1v) is 7.00. The molecule has 0 aromatic rings. The van der Waals surface area contributed by atoms with Crippen LogP contribution in [0.5, 0.6) is 0 Å². The predicted molar refractivity (Wildman–Crippen MR) is 70.8 cm³/mol. The molecule has 0 bridgehead atoms. The Kier molecular flexibility index (Phi) is 9.80. The summed E-state index contributed by atoms with van der Waals surface area (Å²) >= 11 is 5.74. The van der Waals surface area contributed by atoms with Gasteiger partial charge in [0, 0.05) is 18.8 Å². The van der Waals surface area contributed by atoms with Gasteiger partial charge in [0.2, 0.25) is 5.91 Å². The zero-order chi connectivity index (χ0) is 12.4. The fraction of sp³-hybridized carbons (Fsp3) is 0.923. The standard InChI is InChI=1S/C13H26ClNO/c1-4-6-12(7-8-14)10-15-13(16)9-11(3)5-2/h11-12H,4-10H2,1-3H3,(H,15,16). The van der Waals surface area contributed by atoms with E-state index in [0.29, 0.717) is 24.1 Å². The lowest BCUT2D eigenvalue weighted by molar-refractivity contribution is -0.122. The van der Waals surface area contributed by atoms with E-state index < -0.39 is 0 Å². The van der Waals surface area contributed by atoms with Crippen LogP contribution >= 0.6 is 11.6 Å². The highest BCUT2D eigenvalue weighted by atomic mass is 35.5. The Morgan fingerprint density at radius 1 is 1.31 bits per heavy atom. The molecule has 0 rings (SSSR count). The molecule has 3 heteroatoms. The van der Waals surface area contributed by atoms with Crippen LogP contribution in [-0.4, -0.2) is 18.3 Å². The van der Waals surface area contributed by atoms with Crippen molar-refractivity contribution in [3.05, 3.63) is 0 Å². The van der Waals surface area contributed by atoms with Crippen molar-refractivity contribution in [2.45, 2.75) is 52.9 Å². The number of rotatable bonds is 9. The van der Waals surface area contributed by atoms with Gasteiger partial charge in [-0.05, 0) is 24.7 Å². The summed E-state index contributed by atoms with van der Waals surface area (Å²) in [7, 11) is 0. The monoisotopic (exact) mass is 247 g/mol. The van der Waals surface area contributed by atoms with Crippen LogP contribution in [0.3, 0.4) is 0 Å². The summed E-state index contributed by atoms with van der Waals surface area (Å²) in [5.74, 6) is 1.90. The third kappa shape index (κ3) is 7.98. The Hall–Kier alpha value is -0.240. The predicted octanol–water partition coefficient (Wildman–Crippen LogP) is 3.58. The average molecular weight is 248 g/mol. The molecule has 2 nitrogen and oxygen atoms in total. The van der Waals surface area contributed by atoms with Crippen LogP contribution in [0, 0.1) is 11.8 Å². The Labute approximate surface area is 105 Å². The molecule has 0 fully saturated rings. The van der Waals surface area contributed by atoms with Gasteiger partial charge in [-0.15, -0.1) is 11.6 Å². The Balaban J connectivity index is 3.77. The van der Waals surface area contributed by atoms with Gasteiger partial charge >= 0.3 is 0 Å². The molecule has 2 atom stereocenters. The van der Waals surface area contributed by atoms with Crippen LogP contribution in [0.25, 0.3) is 0 Å². The first-order chi connectivity index (χ1) is 7.63. The SMILES string of the molecule is CCCC(CCCl)CNC(=O)CC(C)CC. The fourth-order valence-electron chi connectivity index (χ4n) is 1.70. The maximum absolute atomic E-state index is 11.6. The normalized spacial score (nSPS) is 14.5. The number of nitrogens with one attached hydrogen (secondary N) is 1. The molecule has 0 saturated carbocycles. The lowest BCUT2D eigenvalue weighted by Gasteiger charge is -2.16. The summed E-state index contributed by atoms with van der Waals surface area (Å²) in [6.45, 7) is 7.19. The number of amides is 1. The minimum absolute atomic E-state index is 0.185. The van der Waals surface area contributed by atoms with Crippen molar-refractivity contribution in [1.82, 2.24) is 5.32 Å². The molecule has 0 aliphatic carbocycles. The molecular formula is C13H26ClNO. The third-order valence-corrected chi connectivity index (χ3v) is 3.25. The van der Waals surface area contributed by atoms with Gasteiger partial charge in [0.05, 0.1) is 0 Å². The highest BCUT2D eigenvalue weighted by Crippen LogP contribution is 2.11. The maximum atomic E-state index is 11.6. The largest absolute Gasteiger partial charge is 0.356 e. The summed E-state index contributed by atoms with van der Waals surface area (Å²) in [6, 6.07) is 0. The number of halogens is 1. The highest BCUT2D eigenvalue weighted by molar-refractivity contribution is 6.17. The first kappa shape index (κ1) is 15.8. The minimum atomic E-state index is 0.185. The van der Waals surface area contributed by atoms with E-state index in [9.17, 15) is 4.79 Å². The summed E-state index contributed by atoms with van der Waals surface area (Å²) in [5, 5.41) is 3.02. The van der Waals surface area contributed by atoms with E-state index in [4.69, 9.17) is 11.6 Å². The van der Waals surface area contributed by atoms with Crippen molar-refractivity contribution in [1.29, 1.82) is 0 Å². The van der Waals surface area contributed by atoms with E-state index >= 15 is 0 Å². The van der Waals surface area contributed by atoms with Gasteiger partial charge in [0.25, 0.3) is 0 Å². The molecule has 0 aliphatic heterocycles. The molecule has 2 unspecified atom stereocenters. The molecule has 1 N–H and O–H groups in total. The lowest BCUT2D eigenvalue weighted by atomic mass is 10.00. The molecule has 0 aromatic heterocycles. The highest BCUT2D eigenvalue weighted by Gasteiger charge is 2.11. The number of carbonyl (C=O) groups is 1. The number of hydrogen-bond donors (Lipinski definition) is 1. The fourth-order valence-corrected chi connectivity index (χ4v) is 2.01. The van der Waals surface area contributed by atoms with Crippen LogP contribution < -0.4 is 5.32 Å². The second-order valence-corrected chi connectivity index (χ2v) is 5.03. The Morgan fingerprint density at radius 2 is 2.00 bits per heavy atom. The summed E-state index contributed by atoms with van der Waals surface area (Å²) in [6.07, 6.45) is 5.02. The second kappa shape index (κ2) is 9.95. The molecule has 0 aromatic carbocycles. The van der Waals surface area contributed by atoms with Crippen molar-refractivity contribution in [2.24, 2.45) is 11.8 Å². The van der Waals surface area contributed by atoms with Crippen molar-refractivity contribution >= 4 is 17.5 Å². The van der Waals surface area contributed by atoms with Gasteiger partial charge in [-0.1, -0.05) is 33.6 Å². The van der Waals surface area contributed by atoms with E-state index in [1.807, 2.05) is 0 Å². The minimum Gasteiger partial charge on any atom is -0.356 e. The van der Waals surface area contributed by atoms with Gasteiger partial charge in [-0.2, -0.15) is 0 Å². The van der Waals surface area contributed by atoms with Crippen LogP contribution in [0.15, 0.2) is 0 Å². The zero-order valence-corrected chi connectivity index (χ0v) is 11.6. The van der Waals surface area contributed by atoms with Gasteiger partial charge in [0.15, 0.2) is 0 Å². The van der Waals surface area contributed by atoms with E-state index in [1.54, 1.807) is 0 Å². The van der Waals surface area contributed by atoms with E-state index in [1.165, 1.54) is 0 Å². The van der Waals surface area contributed by atoms with Crippen molar-refractivity contribution < 1.29 is 4.79 Å². The quantitative estimate of drug-likeness (QED) is 0.620. The average Bonchev–Trinajstić information content (AvgIpc) is 2.26. The molecule has 1 amide bonds. The second-order valence-electron chi connectivity index (χ2n) is 4.65. The molecule has 0 saturated heterocycles. The zero-order valence-electron chi connectivity index (χ0n) is 10.9. The maximum Gasteiger partial charge on any atom is 0.220 e. The summed E-state index contributed by atoms with van der Waals surface area (Å²) in [4.78, 5) is 11.6. The van der Waals surface area contributed by atoms with E-state index in [0.717, 1.165) is 32.2 Å². The van der Waals surface area contributed by atoms with Gasteiger partial charge in [-0.3, -0.25) is 4.79 Å². The van der Waals surface area contributed by atoms with Crippen LogP contribution in [0.2, 0.25) is 0 Å². The number of alkyl halides is 1. The molecule has 0 aliphatic rings. The molecule has 0 spiro atoms. The summed E-state index contributed by atoms with van der Waals surface area (Å²) < 4.78 is 0. The van der Waals surface area contributed by atoms with Crippen molar-refractivity contribution in [3.8, 4) is 0 Å². The third-order valence-electron chi connectivity index (χ3n) is 3.03. The molecule has 0 heterocycles. The van der Waals surface area contributed by atoms with Gasteiger partial charge in [-0.25, -0.2) is 0 Å². The lowest BCUT2D eigenvalue weighted by Crippen LogP contribution is -2.30. The van der Waals surface area contributed by atoms with E-state index in [2.05, 4.69) is 26.1 Å². The van der Waals surface area contributed by atoms with E-state index in [-0.39, 0.29) is 5.91 Å². The molecule has 16 heavy (non-hydrogen) atoms. The Bertz CT molecular complexity index is 179. The van der Waals surface area contributed by atoms with Crippen LogP contribution in [0.1, 0.15) is 52.9 Å². The Morgan fingerprint density at radius 3 is 2.50 bits per heavy atom. The first-order valence-electron chi connectivity index (χ1n) is 6.46. The van der Waals surface area contributed by atoms with Gasteiger partial charge < -0.3 is 5.32 Å². The van der Waals surface area contributed by atoms with Crippen molar-refractivity contribution in [3.63, 3.8) is 0 Å². The molecule has 96 valence electrons. The molecule has 0 radical (unpaired) electrons. The van der Waals surface area contributed by atoms with Crippen LogP contribution in [0.4, 0.5) is 0 Å². The summed E-state index contributed by atoms with van der Waals surface area (Å²) in [5.41, 5.74) is 0. The topological polar surface area (TPSA) is 29.1 Å². The number of carbonyl (C=O) groups excluding carboxylic acids is 1. The number of hydrogen-bond acceptors (Lipinski definition) is 1. The van der Waals surface area contributed by atoms with Crippen LogP contribution in [-0.2, 0) is 4.79 Å².